The first-order chi connectivity index (χ1) is 4.71. The summed E-state index contributed by atoms with van der Waals surface area (Å²) in [6, 6.07) is 0. The van der Waals surface area contributed by atoms with Crippen molar-refractivity contribution in [1.29, 1.82) is 0 Å². The van der Waals surface area contributed by atoms with Gasteiger partial charge in [0.15, 0.2) is 0 Å². The molecule has 0 aliphatic heterocycles. The highest BCUT2D eigenvalue weighted by molar-refractivity contribution is 14.1. The number of alkyl halides is 1. The highest BCUT2D eigenvalue weighted by Crippen LogP contribution is 2.19. The van der Waals surface area contributed by atoms with Crippen LogP contribution in [0.15, 0.2) is 0 Å². The van der Waals surface area contributed by atoms with Crippen LogP contribution in [0.25, 0.3) is 0 Å². The summed E-state index contributed by atoms with van der Waals surface area (Å²) in [5.41, 5.74) is 0.453. The van der Waals surface area contributed by atoms with Crippen molar-refractivity contribution in [2.24, 2.45) is 5.41 Å². The standard InChI is InChI=1S/C9H20IN/c1-8(2,3)6-7-11-9(4,5)10/h11H,6-7H2,1-5H3. The minimum absolute atomic E-state index is 0.239. The summed E-state index contributed by atoms with van der Waals surface area (Å²) in [5, 5.41) is 3.47. The molecule has 11 heavy (non-hydrogen) atoms. The van der Waals surface area contributed by atoms with Crippen LogP contribution in [0.5, 0.6) is 0 Å². The summed E-state index contributed by atoms with van der Waals surface area (Å²) in [6.07, 6.45) is 1.24. The quantitative estimate of drug-likeness (QED) is 0.471. The maximum atomic E-state index is 3.47. The van der Waals surface area contributed by atoms with Gasteiger partial charge >= 0.3 is 0 Å². The van der Waals surface area contributed by atoms with Crippen LogP contribution in [0.2, 0.25) is 0 Å². The number of halogens is 1. The zero-order valence-electron chi connectivity index (χ0n) is 8.29. The van der Waals surface area contributed by atoms with Crippen LogP contribution in [0.4, 0.5) is 0 Å². The van der Waals surface area contributed by atoms with E-state index in [1.54, 1.807) is 0 Å². The van der Waals surface area contributed by atoms with Gasteiger partial charge in [0.05, 0.1) is 3.55 Å². The second kappa shape index (κ2) is 4.08. The average molecular weight is 269 g/mol. The molecule has 0 aliphatic rings. The predicted octanol–water partition coefficient (Wildman–Crippen LogP) is 3.18. The van der Waals surface area contributed by atoms with E-state index in [9.17, 15) is 0 Å². The molecular formula is C9H20IN. The molecule has 0 rings (SSSR count). The van der Waals surface area contributed by atoms with Gasteiger partial charge in [-0.2, -0.15) is 0 Å². The molecule has 0 heterocycles. The van der Waals surface area contributed by atoms with Crippen molar-refractivity contribution in [3.05, 3.63) is 0 Å². The zero-order chi connectivity index (χ0) is 9.12. The molecule has 0 aromatic heterocycles. The molecule has 0 saturated heterocycles. The first-order valence-electron chi connectivity index (χ1n) is 4.15. The molecule has 0 radical (unpaired) electrons. The maximum absolute atomic E-state index is 3.47. The lowest BCUT2D eigenvalue weighted by Gasteiger charge is -2.23. The second-order valence-corrected chi connectivity index (χ2v) is 7.41. The third-order valence-electron chi connectivity index (χ3n) is 1.42. The Kier molecular flexibility index (Phi) is 4.33. The van der Waals surface area contributed by atoms with E-state index in [2.05, 4.69) is 62.5 Å². The predicted molar refractivity (Wildman–Crippen MR) is 60.2 cm³/mol. The molecule has 0 aromatic carbocycles. The summed E-state index contributed by atoms with van der Waals surface area (Å²) in [7, 11) is 0. The fraction of sp³-hybridized carbons (Fsp3) is 1.00. The lowest BCUT2D eigenvalue weighted by Crippen LogP contribution is -2.34. The van der Waals surface area contributed by atoms with E-state index in [4.69, 9.17) is 0 Å². The van der Waals surface area contributed by atoms with Crippen LogP contribution in [-0.4, -0.2) is 10.1 Å². The highest BCUT2D eigenvalue weighted by atomic mass is 127. The van der Waals surface area contributed by atoms with Gasteiger partial charge in [-0.3, -0.25) is 0 Å². The molecular weight excluding hydrogens is 249 g/mol. The second-order valence-electron chi connectivity index (χ2n) is 4.71. The van der Waals surface area contributed by atoms with Crippen LogP contribution in [0, 0.1) is 5.41 Å². The van der Waals surface area contributed by atoms with Gasteiger partial charge in [0.25, 0.3) is 0 Å². The van der Waals surface area contributed by atoms with Gasteiger partial charge in [-0.1, -0.05) is 43.4 Å². The van der Waals surface area contributed by atoms with Gasteiger partial charge in [0.1, 0.15) is 0 Å². The van der Waals surface area contributed by atoms with E-state index in [1.165, 1.54) is 6.42 Å². The van der Waals surface area contributed by atoms with Crippen molar-refractivity contribution in [3.8, 4) is 0 Å². The van der Waals surface area contributed by atoms with Gasteiger partial charge in [-0.25, -0.2) is 0 Å². The Labute approximate surface area is 84.5 Å². The molecule has 0 aromatic rings. The Morgan fingerprint density at radius 3 is 1.82 bits per heavy atom. The van der Waals surface area contributed by atoms with E-state index < -0.39 is 0 Å². The first kappa shape index (κ1) is 11.7. The van der Waals surface area contributed by atoms with Crippen LogP contribution < -0.4 is 5.32 Å². The molecule has 68 valence electrons. The smallest absolute Gasteiger partial charge is 0.0648 e. The summed E-state index contributed by atoms with van der Waals surface area (Å²) in [5.74, 6) is 0. The minimum Gasteiger partial charge on any atom is -0.303 e. The Hall–Kier alpha value is 0.690. The molecule has 0 bridgehead atoms. The largest absolute Gasteiger partial charge is 0.303 e. The van der Waals surface area contributed by atoms with Crippen molar-refractivity contribution in [2.45, 2.75) is 44.6 Å². The zero-order valence-corrected chi connectivity index (χ0v) is 10.4. The molecule has 0 unspecified atom stereocenters. The molecule has 0 spiro atoms. The first-order valence-corrected chi connectivity index (χ1v) is 5.22. The normalized spacial score (nSPS) is 13.6. The lowest BCUT2D eigenvalue weighted by atomic mass is 9.92. The maximum Gasteiger partial charge on any atom is 0.0648 e. The Bertz CT molecular complexity index is 93.7. The fourth-order valence-electron chi connectivity index (χ4n) is 0.735. The van der Waals surface area contributed by atoms with Crippen molar-refractivity contribution in [1.82, 2.24) is 5.32 Å². The highest BCUT2D eigenvalue weighted by Gasteiger charge is 2.14. The van der Waals surface area contributed by atoms with Crippen LogP contribution in [0.1, 0.15) is 41.0 Å². The lowest BCUT2D eigenvalue weighted by molar-refractivity contribution is 0.357. The molecule has 1 N–H and O–H groups in total. The number of hydrogen-bond donors (Lipinski definition) is 1. The van der Waals surface area contributed by atoms with E-state index in [1.807, 2.05) is 0 Å². The van der Waals surface area contributed by atoms with Crippen LogP contribution in [-0.2, 0) is 0 Å². The number of nitrogens with one attached hydrogen (secondary N) is 1. The molecule has 0 saturated carbocycles. The Morgan fingerprint density at radius 2 is 1.55 bits per heavy atom. The van der Waals surface area contributed by atoms with E-state index in [0.717, 1.165) is 6.54 Å². The van der Waals surface area contributed by atoms with Crippen LogP contribution >= 0.6 is 22.6 Å². The third-order valence-corrected chi connectivity index (χ3v) is 1.80. The number of hydrogen-bond acceptors (Lipinski definition) is 1. The van der Waals surface area contributed by atoms with Gasteiger partial charge < -0.3 is 5.32 Å². The summed E-state index contributed by atoms with van der Waals surface area (Å²) >= 11 is 2.42. The van der Waals surface area contributed by atoms with E-state index in [-0.39, 0.29) is 3.55 Å². The fourth-order valence-corrected chi connectivity index (χ4v) is 1.00. The summed E-state index contributed by atoms with van der Waals surface area (Å²) in [4.78, 5) is 0. The van der Waals surface area contributed by atoms with Gasteiger partial charge in [0.2, 0.25) is 0 Å². The summed E-state index contributed by atoms with van der Waals surface area (Å²) < 4.78 is 0.239. The molecule has 0 fully saturated rings. The molecule has 1 nitrogen and oxygen atoms in total. The van der Waals surface area contributed by atoms with Crippen LogP contribution in [0.3, 0.4) is 0 Å². The van der Waals surface area contributed by atoms with E-state index >= 15 is 0 Å². The summed E-state index contributed by atoms with van der Waals surface area (Å²) in [6.45, 7) is 12.3. The van der Waals surface area contributed by atoms with E-state index in [0.29, 0.717) is 5.41 Å². The Morgan fingerprint density at radius 1 is 1.09 bits per heavy atom. The monoisotopic (exact) mass is 269 g/mol. The van der Waals surface area contributed by atoms with Crippen molar-refractivity contribution in [3.63, 3.8) is 0 Å². The van der Waals surface area contributed by atoms with Gasteiger partial charge in [-0.15, -0.1) is 0 Å². The topological polar surface area (TPSA) is 12.0 Å². The minimum atomic E-state index is 0.239. The average Bonchev–Trinajstić information content (AvgIpc) is 1.55. The number of rotatable bonds is 3. The van der Waals surface area contributed by atoms with Crippen molar-refractivity contribution < 1.29 is 0 Å². The molecule has 0 aliphatic carbocycles. The van der Waals surface area contributed by atoms with Gasteiger partial charge in [-0.05, 0) is 32.2 Å². The molecule has 0 amide bonds. The molecule has 2 heteroatoms. The molecule has 0 atom stereocenters. The van der Waals surface area contributed by atoms with Crippen molar-refractivity contribution >= 4 is 22.6 Å². The SMILES string of the molecule is CC(C)(C)CCNC(C)(C)I. The van der Waals surface area contributed by atoms with Gasteiger partial charge in [0, 0.05) is 0 Å². The van der Waals surface area contributed by atoms with Crippen molar-refractivity contribution in [2.75, 3.05) is 6.54 Å². The third kappa shape index (κ3) is 10.7. The Balaban J connectivity index is 3.44.